The van der Waals surface area contributed by atoms with E-state index in [4.69, 9.17) is 9.40 Å². The summed E-state index contributed by atoms with van der Waals surface area (Å²) in [6, 6.07) is 20.7. The summed E-state index contributed by atoms with van der Waals surface area (Å²) in [5, 5.41) is 0. The van der Waals surface area contributed by atoms with Crippen molar-refractivity contribution in [2.75, 3.05) is 0 Å². The van der Waals surface area contributed by atoms with Gasteiger partial charge in [0, 0.05) is 11.1 Å². The van der Waals surface area contributed by atoms with Gasteiger partial charge in [-0.3, -0.25) is 0 Å². The molecule has 4 rings (SSSR count). The monoisotopic (exact) mass is 314 g/mol. The van der Waals surface area contributed by atoms with Crippen molar-refractivity contribution in [3.05, 3.63) is 78.1 Å². The zero-order chi connectivity index (χ0) is 16.5. The maximum atomic E-state index is 5.50. The third-order valence-electron chi connectivity index (χ3n) is 4.12. The van der Waals surface area contributed by atoms with Crippen LogP contribution in [0.5, 0.6) is 0 Å². The number of hydrogen-bond donors (Lipinski definition) is 1. The molecule has 0 aliphatic carbocycles. The van der Waals surface area contributed by atoms with Crippen LogP contribution < -0.4 is 0 Å². The van der Waals surface area contributed by atoms with Gasteiger partial charge >= 0.3 is 0 Å². The molecule has 2 heterocycles. The van der Waals surface area contributed by atoms with Crippen LogP contribution in [0.2, 0.25) is 0 Å². The Kier molecular flexibility index (Phi) is 3.54. The fourth-order valence-electron chi connectivity index (χ4n) is 2.75. The number of rotatable bonds is 3. The highest BCUT2D eigenvalue weighted by atomic mass is 16.3. The molecule has 0 aliphatic heterocycles. The van der Waals surface area contributed by atoms with Crippen LogP contribution in [0.3, 0.4) is 0 Å². The predicted molar refractivity (Wildman–Crippen MR) is 96.6 cm³/mol. The predicted octanol–water partition coefficient (Wildman–Crippen LogP) is 5.62. The molecule has 2 aromatic carbocycles. The average Bonchev–Trinajstić information content (AvgIpc) is 3.26. The van der Waals surface area contributed by atoms with E-state index in [1.807, 2.05) is 12.1 Å². The van der Waals surface area contributed by atoms with Crippen LogP contribution >= 0.6 is 0 Å². The van der Waals surface area contributed by atoms with Gasteiger partial charge in [-0.05, 0) is 26.0 Å². The van der Waals surface area contributed by atoms with E-state index in [1.165, 1.54) is 11.1 Å². The summed E-state index contributed by atoms with van der Waals surface area (Å²) in [5.74, 6) is 1.48. The Hall–Kier alpha value is -3.07. The number of furan rings is 1. The third-order valence-corrected chi connectivity index (χ3v) is 4.12. The van der Waals surface area contributed by atoms with Gasteiger partial charge in [0.15, 0.2) is 11.6 Å². The molecule has 0 spiro atoms. The van der Waals surface area contributed by atoms with Crippen molar-refractivity contribution in [2.45, 2.75) is 13.8 Å². The van der Waals surface area contributed by atoms with Crippen LogP contribution in [0.15, 0.2) is 71.3 Å². The lowest BCUT2D eigenvalue weighted by molar-refractivity contribution is 0.578. The highest BCUT2D eigenvalue weighted by molar-refractivity contribution is 5.80. The number of nitrogens with zero attached hydrogens (tertiary/aromatic N) is 1. The van der Waals surface area contributed by atoms with E-state index in [1.54, 1.807) is 6.26 Å². The quantitative estimate of drug-likeness (QED) is 0.533. The summed E-state index contributed by atoms with van der Waals surface area (Å²) in [7, 11) is 0. The molecule has 4 aromatic rings. The van der Waals surface area contributed by atoms with Gasteiger partial charge in [-0.25, -0.2) is 4.98 Å². The second-order valence-corrected chi connectivity index (χ2v) is 6.02. The average molecular weight is 314 g/mol. The second kappa shape index (κ2) is 5.85. The first-order valence-corrected chi connectivity index (χ1v) is 7.99. The normalized spacial score (nSPS) is 10.9. The highest BCUT2D eigenvalue weighted by Gasteiger charge is 2.16. The first kappa shape index (κ1) is 14.5. The molecular weight excluding hydrogens is 296 g/mol. The van der Waals surface area contributed by atoms with Gasteiger partial charge < -0.3 is 9.40 Å². The van der Waals surface area contributed by atoms with E-state index in [9.17, 15) is 0 Å². The van der Waals surface area contributed by atoms with Crippen molar-refractivity contribution in [2.24, 2.45) is 0 Å². The van der Waals surface area contributed by atoms with Crippen LogP contribution in [-0.4, -0.2) is 9.97 Å². The molecule has 0 saturated carbocycles. The van der Waals surface area contributed by atoms with Gasteiger partial charge in [-0.2, -0.15) is 0 Å². The SMILES string of the molecule is Cc1ccc(-c2nc(-c3ccco3)[nH]c2-c2ccc(C)cc2)cc1. The molecule has 0 unspecified atom stereocenters. The number of hydrogen-bond acceptors (Lipinski definition) is 2. The van der Waals surface area contributed by atoms with Crippen molar-refractivity contribution in [1.29, 1.82) is 0 Å². The van der Waals surface area contributed by atoms with E-state index in [0.717, 1.165) is 34.1 Å². The van der Waals surface area contributed by atoms with Crippen molar-refractivity contribution in [3.8, 4) is 34.1 Å². The van der Waals surface area contributed by atoms with E-state index in [0.29, 0.717) is 0 Å². The Bertz CT molecular complexity index is 883. The van der Waals surface area contributed by atoms with Crippen molar-refractivity contribution >= 4 is 0 Å². The molecule has 1 N–H and O–H groups in total. The lowest BCUT2D eigenvalue weighted by Gasteiger charge is -2.04. The molecule has 24 heavy (non-hydrogen) atoms. The fourth-order valence-corrected chi connectivity index (χ4v) is 2.75. The lowest BCUT2D eigenvalue weighted by atomic mass is 10.0. The molecule has 0 fully saturated rings. The van der Waals surface area contributed by atoms with E-state index in [2.05, 4.69) is 67.4 Å². The molecule has 2 aromatic heterocycles. The van der Waals surface area contributed by atoms with Gasteiger partial charge in [0.05, 0.1) is 17.7 Å². The maximum Gasteiger partial charge on any atom is 0.174 e. The molecule has 0 saturated heterocycles. The van der Waals surface area contributed by atoms with Gasteiger partial charge in [0.2, 0.25) is 0 Å². The molecule has 0 amide bonds. The second-order valence-electron chi connectivity index (χ2n) is 6.02. The topological polar surface area (TPSA) is 41.8 Å². The Labute approximate surface area is 141 Å². The Balaban J connectivity index is 1.89. The highest BCUT2D eigenvalue weighted by Crippen LogP contribution is 2.33. The first-order valence-electron chi connectivity index (χ1n) is 7.99. The summed E-state index contributed by atoms with van der Waals surface area (Å²) < 4.78 is 5.50. The summed E-state index contributed by atoms with van der Waals surface area (Å²) in [6.07, 6.45) is 1.66. The van der Waals surface area contributed by atoms with E-state index in [-0.39, 0.29) is 0 Å². The molecule has 118 valence electrons. The van der Waals surface area contributed by atoms with Gasteiger partial charge in [0.25, 0.3) is 0 Å². The Morgan fingerprint density at radius 3 is 2.00 bits per heavy atom. The molecule has 0 radical (unpaired) electrons. The van der Waals surface area contributed by atoms with E-state index >= 15 is 0 Å². The smallest absolute Gasteiger partial charge is 0.174 e. The number of aromatic nitrogens is 2. The molecule has 0 atom stereocenters. The van der Waals surface area contributed by atoms with Gasteiger partial charge in [-0.15, -0.1) is 0 Å². The van der Waals surface area contributed by atoms with Crippen LogP contribution in [0.4, 0.5) is 0 Å². The minimum atomic E-state index is 0.738. The zero-order valence-corrected chi connectivity index (χ0v) is 13.7. The number of benzene rings is 2. The van der Waals surface area contributed by atoms with Crippen LogP contribution in [0, 0.1) is 13.8 Å². The van der Waals surface area contributed by atoms with Gasteiger partial charge in [-0.1, -0.05) is 59.7 Å². The summed E-state index contributed by atoms with van der Waals surface area (Å²) in [5.41, 5.74) is 6.61. The largest absolute Gasteiger partial charge is 0.461 e. The van der Waals surface area contributed by atoms with Crippen LogP contribution in [-0.2, 0) is 0 Å². The number of aromatic amines is 1. The van der Waals surface area contributed by atoms with Crippen LogP contribution in [0.1, 0.15) is 11.1 Å². The minimum absolute atomic E-state index is 0.738. The molecule has 0 bridgehead atoms. The summed E-state index contributed by atoms with van der Waals surface area (Å²) in [4.78, 5) is 8.23. The first-order chi connectivity index (χ1) is 11.7. The number of aryl methyl sites for hydroxylation is 2. The number of H-pyrrole nitrogens is 1. The van der Waals surface area contributed by atoms with Gasteiger partial charge in [0.1, 0.15) is 0 Å². The lowest BCUT2D eigenvalue weighted by Crippen LogP contribution is -1.84. The van der Waals surface area contributed by atoms with Crippen molar-refractivity contribution in [1.82, 2.24) is 9.97 Å². The molecule has 3 nitrogen and oxygen atoms in total. The third kappa shape index (κ3) is 2.65. The standard InChI is InChI=1S/C21H18N2O/c1-14-5-9-16(10-6-14)19-20(17-11-7-15(2)8-12-17)23-21(22-19)18-4-3-13-24-18/h3-13H,1-2H3,(H,22,23). The Morgan fingerprint density at radius 1 is 0.792 bits per heavy atom. The van der Waals surface area contributed by atoms with E-state index < -0.39 is 0 Å². The molecule has 0 aliphatic rings. The van der Waals surface area contributed by atoms with Crippen LogP contribution in [0.25, 0.3) is 34.1 Å². The summed E-state index contributed by atoms with van der Waals surface area (Å²) >= 11 is 0. The Morgan fingerprint density at radius 2 is 1.42 bits per heavy atom. The van der Waals surface area contributed by atoms with Crippen molar-refractivity contribution in [3.63, 3.8) is 0 Å². The summed E-state index contributed by atoms with van der Waals surface area (Å²) in [6.45, 7) is 4.18. The molecular formula is C21H18N2O. The number of nitrogens with one attached hydrogen (secondary N) is 1. The zero-order valence-electron chi connectivity index (χ0n) is 13.7. The fraction of sp³-hybridized carbons (Fsp3) is 0.0952. The van der Waals surface area contributed by atoms with Crippen molar-refractivity contribution < 1.29 is 4.42 Å². The maximum absolute atomic E-state index is 5.50. The molecule has 3 heteroatoms. The number of imidazole rings is 1. The minimum Gasteiger partial charge on any atom is -0.461 e.